The molecule has 0 aliphatic rings. The summed E-state index contributed by atoms with van der Waals surface area (Å²) >= 11 is 0. The molecule has 0 aliphatic heterocycles. The lowest BCUT2D eigenvalue weighted by Gasteiger charge is -2.07. The first-order valence-electron chi connectivity index (χ1n) is 5.43. The molecule has 3 heteroatoms. The minimum absolute atomic E-state index is 0.185. The summed E-state index contributed by atoms with van der Waals surface area (Å²) in [5.41, 5.74) is 2.43. The SMILES string of the molecule is Cc1ccc(CNc2ccc(O)cc2)cc1F. The van der Waals surface area contributed by atoms with Crippen LogP contribution in [-0.2, 0) is 6.54 Å². The second kappa shape index (κ2) is 4.87. The van der Waals surface area contributed by atoms with E-state index >= 15 is 0 Å². The molecule has 0 saturated carbocycles. The number of phenols is 1. The second-order valence-electron chi connectivity index (χ2n) is 3.98. The topological polar surface area (TPSA) is 32.3 Å². The van der Waals surface area contributed by atoms with Gasteiger partial charge in [-0.15, -0.1) is 0 Å². The van der Waals surface area contributed by atoms with Crippen molar-refractivity contribution in [2.24, 2.45) is 0 Å². The molecule has 0 saturated heterocycles. The summed E-state index contributed by atoms with van der Waals surface area (Å²) in [6.07, 6.45) is 0. The summed E-state index contributed by atoms with van der Waals surface area (Å²) in [7, 11) is 0. The van der Waals surface area contributed by atoms with Crippen molar-refractivity contribution in [2.45, 2.75) is 13.5 Å². The van der Waals surface area contributed by atoms with Crippen molar-refractivity contribution in [3.05, 3.63) is 59.4 Å². The van der Waals surface area contributed by atoms with Crippen LogP contribution in [0, 0.1) is 12.7 Å². The van der Waals surface area contributed by atoms with E-state index in [-0.39, 0.29) is 11.6 Å². The Labute approximate surface area is 99.7 Å². The van der Waals surface area contributed by atoms with Gasteiger partial charge in [0.2, 0.25) is 0 Å². The monoisotopic (exact) mass is 231 g/mol. The standard InChI is InChI=1S/C14H14FNO/c1-10-2-3-11(8-14(10)15)9-16-12-4-6-13(17)7-5-12/h2-8,16-17H,9H2,1H3. The average molecular weight is 231 g/mol. The number of nitrogens with one attached hydrogen (secondary N) is 1. The van der Waals surface area contributed by atoms with E-state index in [9.17, 15) is 4.39 Å². The molecule has 0 bridgehead atoms. The molecule has 0 fully saturated rings. The van der Waals surface area contributed by atoms with Crippen molar-refractivity contribution in [3.63, 3.8) is 0 Å². The number of rotatable bonds is 3. The summed E-state index contributed by atoms with van der Waals surface area (Å²) < 4.78 is 13.3. The van der Waals surface area contributed by atoms with Gasteiger partial charge in [-0.05, 0) is 48.4 Å². The summed E-state index contributed by atoms with van der Waals surface area (Å²) in [4.78, 5) is 0. The molecule has 0 atom stereocenters. The van der Waals surface area contributed by atoms with Crippen LogP contribution < -0.4 is 5.32 Å². The molecule has 2 aromatic carbocycles. The zero-order chi connectivity index (χ0) is 12.3. The molecule has 0 radical (unpaired) electrons. The fourth-order valence-electron chi connectivity index (χ4n) is 1.53. The number of aromatic hydroxyl groups is 1. The number of anilines is 1. The molecule has 17 heavy (non-hydrogen) atoms. The number of phenolic OH excluding ortho intramolecular Hbond substituents is 1. The first-order chi connectivity index (χ1) is 8.15. The summed E-state index contributed by atoms with van der Waals surface area (Å²) in [5, 5.41) is 12.3. The van der Waals surface area contributed by atoms with Gasteiger partial charge < -0.3 is 10.4 Å². The first kappa shape index (κ1) is 11.5. The van der Waals surface area contributed by atoms with Crippen molar-refractivity contribution in [1.29, 1.82) is 0 Å². The lowest BCUT2D eigenvalue weighted by atomic mass is 10.1. The maximum atomic E-state index is 13.3. The zero-order valence-electron chi connectivity index (χ0n) is 9.57. The lowest BCUT2D eigenvalue weighted by molar-refractivity contribution is 0.475. The molecule has 0 unspecified atom stereocenters. The highest BCUT2D eigenvalue weighted by Crippen LogP contribution is 2.15. The van der Waals surface area contributed by atoms with Gasteiger partial charge in [-0.3, -0.25) is 0 Å². The third kappa shape index (κ3) is 2.97. The van der Waals surface area contributed by atoms with Gasteiger partial charge in [0.15, 0.2) is 0 Å². The molecule has 0 heterocycles. The second-order valence-corrected chi connectivity index (χ2v) is 3.98. The van der Waals surface area contributed by atoms with Crippen molar-refractivity contribution in [1.82, 2.24) is 0 Å². The molecule has 0 spiro atoms. The lowest BCUT2D eigenvalue weighted by Crippen LogP contribution is -1.99. The molecule has 2 rings (SSSR count). The van der Waals surface area contributed by atoms with Crippen LogP contribution >= 0.6 is 0 Å². The summed E-state index contributed by atoms with van der Waals surface area (Å²) in [6.45, 7) is 2.30. The van der Waals surface area contributed by atoms with Gasteiger partial charge >= 0.3 is 0 Å². The van der Waals surface area contributed by atoms with E-state index in [0.717, 1.165) is 11.3 Å². The average Bonchev–Trinajstić information content (AvgIpc) is 2.33. The van der Waals surface area contributed by atoms with Gasteiger partial charge in [-0.1, -0.05) is 12.1 Å². The summed E-state index contributed by atoms with van der Waals surface area (Å²) in [5.74, 6) is 0.0481. The highest BCUT2D eigenvalue weighted by molar-refractivity contribution is 5.46. The van der Waals surface area contributed by atoms with E-state index in [1.54, 1.807) is 37.3 Å². The number of halogens is 1. The Morgan fingerprint density at radius 3 is 2.47 bits per heavy atom. The van der Waals surface area contributed by atoms with Crippen molar-refractivity contribution >= 4 is 5.69 Å². The van der Waals surface area contributed by atoms with Gasteiger partial charge in [-0.2, -0.15) is 0 Å². The van der Waals surface area contributed by atoms with Crippen LogP contribution in [0.4, 0.5) is 10.1 Å². The number of hydrogen-bond acceptors (Lipinski definition) is 2. The normalized spacial score (nSPS) is 10.2. The van der Waals surface area contributed by atoms with Crippen molar-refractivity contribution in [2.75, 3.05) is 5.32 Å². The van der Waals surface area contributed by atoms with Crippen LogP contribution in [-0.4, -0.2) is 5.11 Å². The van der Waals surface area contributed by atoms with E-state index in [2.05, 4.69) is 5.32 Å². The Kier molecular flexibility index (Phi) is 3.28. The fourth-order valence-corrected chi connectivity index (χ4v) is 1.53. The number of aryl methyl sites for hydroxylation is 1. The maximum absolute atomic E-state index is 13.3. The van der Waals surface area contributed by atoms with Gasteiger partial charge in [0, 0.05) is 12.2 Å². The van der Waals surface area contributed by atoms with E-state index in [1.807, 2.05) is 6.07 Å². The van der Waals surface area contributed by atoms with Crippen molar-refractivity contribution in [3.8, 4) is 5.75 Å². The Balaban J connectivity index is 2.02. The fraction of sp³-hybridized carbons (Fsp3) is 0.143. The zero-order valence-corrected chi connectivity index (χ0v) is 9.57. The van der Waals surface area contributed by atoms with Crippen LogP contribution in [0.1, 0.15) is 11.1 Å². The van der Waals surface area contributed by atoms with Crippen LogP contribution in [0.15, 0.2) is 42.5 Å². The Morgan fingerprint density at radius 2 is 1.82 bits per heavy atom. The molecule has 0 aliphatic carbocycles. The van der Waals surface area contributed by atoms with Gasteiger partial charge in [0.05, 0.1) is 0 Å². The molecule has 2 N–H and O–H groups in total. The maximum Gasteiger partial charge on any atom is 0.126 e. The van der Waals surface area contributed by atoms with E-state index in [0.29, 0.717) is 12.1 Å². The van der Waals surface area contributed by atoms with Gasteiger partial charge in [0.25, 0.3) is 0 Å². The third-order valence-electron chi connectivity index (χ3n) is 2.60. The van der Waals surface area contributed by atoms with Crippen LogP contribution in [0.5, 0.6) is 5.75 Å². The van der Waals surface area contributed by atoms with Gasteiger partial charge in [-0.25, -0.2) is 4.39 Å². The molecule has 0 amide bonds. The Bertz CT molecular complexity index is 508. The molecular formula is C14H14FNO. The van der Waals surface area contributed by atoms with E-state index in [4.69, 9.17) is 5.11 Å². The van der Waals surface area contributed by atoms with Crippen LogP contribution in [0.2, 0.25) is 0 Å². The van der Waals surface area contributed by atoms with E-state index in [1.165, 1.54) is 6.07 Å². The minimum Gasteiger partial charge on any atom is -0.508 e. The Hall–Kier alpha value is -2.03. The molecule has 88 valence electrons. The molecule has 0 aromatic heterocycles. The molecule has 2 aromatic rings. The quantitative estimate of drug-likeness (QED) is 0.793. The minimum atomic E-state index is -0.185. The van der Waals surface area contributed by atoms with Crippen LogP contribution in [0.25, 0.3) is 0 Å². The first-order valence-corrected chi connectivity index (χ1v) is 5.43. The smallest absolute Gasteiger partial charge is 0.126 e. The highest BCUT2D eigenvalue weighted by Gasteiger charge is 1.99. The van der Waals surface area contributed by atoms with Gasteiger partial charge in [0.1, 0.15) is 11.6 Å². The number of benzene rings is 2. The Morgan fingerprint density at radius 1 is 1.12 bits per heavy atom. The predicted molar refractivity (Wildman–Crippen MR) is 66.6 cm³/mol. The predicted octanol–water partition coefficient (Wildman–Crippen LogP) is 3.45. The molecule has 2 nitrogen and oxygen atoms in total. The largest absolute Gasteiger partial charge is 0.508 e. The van der Waals surface area contributed by atoms with Crippen molar-refractivity contribution < 1.29 is 9.50 Å². The molecular weight excluding hydrogens is 217 g/mol. The highest BCUT2D eigenvalue weighted by atomic mass is 19.1. The third-order valence-corrected chi connectivity index (χ3v) is 2.60. The van der Waals surface area contributed by atoms with E-state index < -0.39 is 0 Å². The number of hydrogen-bond donors (Lipinski definition) is 2. The summed E-state index contributed by atoms with van der Waals surface area (Å²) in [6, 6.07) is 12.0. The van der Waals surface area contributed by atoms with Crippen LogP contribution in [0.3, 0.4) is 0 Å².